The van der Waals surface area contributed by atoms with Gasteiger partial charge in [0.2, 0.25) is 0 Å². The summed E-state index contributed by atoms with van der Waals surface area (Å²) in [4.78, 5) is 5.54. The molecule has 0 unspecified atom stereocenters. The second-order valence-electron chi connectivity index (χ2n) is 2.62. The van der Waals surface area contributed by atoms with Crippen molar-refractivity contribution < 1.29 is 4.74 Å². The van der Waals surface area contributed by atoms with E-state index in [2.05, 4.69) is 18.0 Å². The van der Waals surface area contributed by atoms with Gasteiger partial charge in [0.05, 0.1) is 23.5 Å². The Labute approximate surface area is 74.8 Å². The van der Waals surface area contributed by atoms with E-state index in [0.29, 0.717) is 0 Å². The number of methoxy groups -OCH3 is 1. The predicted molar refractivity (Wildman–Crippen MR) is 50.9 cm³/mol. The molecule has 0 radical (unpaired) electrons. The first-order valence-corrected chi connectivity index (χ1v) is 4.51. The van der Waals surface area contributed by atoms with E-state index < -0.39 is 0 Å². The van der Waals surface area contributed by atoms with Crippen LogP contribution in [-0.4, -0.2) is 12.1 Å². The highest BCUT2D eigenvalue weighted by molar-refractivity contribution is 7.18. The van der Waals surface area contributed by atoms with Gasteiger partial charge in [-0.25, -0.2) is 0 Å². The number of hydrogen-bond acceptors (Lipinski definition) is 3. The zero-order chi connectivity index (χ0) is 8.55. The molecule has 0 saturated carbocycles. The van der Waals surface area contributed by atoms with Crippen molar-refractivity contribution >= 4 is 21.6 Å². The van der Waals surface area contributed by atoms with Crippen LogP contribution in [0.2, 0.25) is 0 Å². The van der Waals surface area contributed by atoms with E-state index in [1.54, 1.807) is 24.6 Å². The number of nitrogens with zero attached hydrogens (tertiary/aromatic N) is 1. The average molecular weight is 179 g/mol. The minimum Gasteiger partial charge on any atom is -0.495 e. The van der Waals surface area contributed by atoms with E-state index in [1.807, 2.05) is 6.07 Å². The summed E-state index contributed by atoms with van der Waals surface area (Å²) in [6.07, 6.45) is 1.74. The standard InChI is InChI=1S/C9H9NOS/c1-6-3-8-9(12-6)4-7(11-2)5-10-8/h3-5H,1-2H3. The van der Waals surface area contributed by atoms with E-state index in [0.717, 1.165) is 11.3 Å². The lowest BCUT2D eigenvalue weighted by molar-refractivity contribution is 0.414. The van der Waals surface area contributed by atoms with Crippen LogP contribution in [0, 0.1) is 6.92 Å². The number of aromatic nitrogens is 1. The van der Waals surface area contributed by atoms with Crippen molar-refractivity contribution in [1.29, 1.82) is 0 Å². The van der Waals surface area contributed by atoms with Crippen LogP contribution < -0.4 is 4.74 Å². The minimum absolute atomic E-state index is 0.823. The zero-order valence-corrected chi connectivity index (χ0v) is 7.81. The van der Waals surface area contributed by atoms with Crippen molar-refractivity contribution in [2.45, 2.75) is 6.92 Å². The Morgan fingerprint density at radius 1 is 1.42 bits per heavy atom. The number of aryl methyl sites for hydroxylation is 1. The molecule has 0 saturated heterocycles. The third-order valence-corrected chi connectivity index (χ3v) is 2.69. The molecule has 0 amide bonds. The Balaban J connectivity index is 2.66. The lowest BCUT2D eigenvalue weighted by atomic mass is 10.4. The highest BCUT2D eigenvalue weighted by Gasteiger charge is 2.00. The molecule has 0 spiro atoms. The third-order valence-electron chi connectivity index (χ3n) is 1.70. The molecule has 0 aliphatic carbocycles. The second-order valence-corrected chi connectivity index (χ2v) is 3.90. The quantitative estimate of drug-likeness (QED) is 0.671. The van der Waals surface area contributed by atoms with E-state index in [-0.39, 0.29) is 0 Å². The fourth-order valence-electron chi connectivity index (χ4n) is 1.13. The summed E-state index contributed by atoms with van der Waals surface area (Å²) in [6, 6.07) is 4.10. The summed E-state index contributed by atoms with van der Waals surface area (Å²) in [7, 11) is 1.66. The maximum atomic E-state index is 5.08. The Morgan fingerprint density at radius 3 is 3.00 bits per heavy atom. The van der Waals surface area contributed by atoms with Gasteiger partial charge in [-0.05, 0) is 13.0 Å². The van der Waals surface area contributed by atoms with Crippen molar-refractivity contribution in [2.75, 3.05) is 7.11 Å². The number of pyridine rings is 1. The maximum Gasteiger partial charge on any atom is 0.138 e. The van der Waals surface area contributed by atoms with E-state index in [1.165, 1.54) is 9.58 Å². The first kappa shape index (κ1) is 7.55. The van der Waals surface area contributed by atoms with Crippen LogP contribution in [0.4, 0.5) is 0 Å². The van der Waals surface area contributed by atoms with Gasteiger partial charge in [-0.2, -0.15) is 0 Å². The Hall–Kier alpha value is -1.09. The van der Waals surface area contributed by atoms with Gasteiger partial charge < -0.3 is 4.74 Å². The van der Waals surface area contributed by atoms with Gasteiger partial charge in [-0.15, -0.1) is 11.3 Å². The molecule has 2 aromatic heterocycles. The van der Waals surface area contributed by atoms with Crippen LogP contribution in [0.1, 0.15) is 4.88 Å². The summed E-state index contributed by atoms with van der Waals surface area (Å²) in [5.74, 6) is 0.823. The fraction of sp³-hybridized carbons (Fsp3) is 0.222. The molecule has 0 aliphatic heterocycles. The summed E-state index contributed by atoms with van der Waals surface area (Å²) in [5.41, 5.74) is 1.05. The minimum atomic E-state index is 0.823. The van der Waals surface area contributed by atoms with Crippen LogP contribution in [0.5, 0.6) is 5.75 Å². The molecule has 0 bridgehead atoms. The van der Waals surface area contributed by atoms with Gasteiger partial charge in [-0.3, -0.25) is 4.98 Å². The smallest absolute Gasteiger partial charge is 0.138 e. The Kier molecular flexibility index (Phi) is 1.73. The first-order chi connectivity index (χ1) is 5.79. The Bertz CT molecular complexity index is 408. The number of ether oxygens (including phenoxy) is 1. The molecule has 2 nitrogen and oxygen atoms in total. The number of rotatable bonds is 1. The van der Waals surface area contributed by atoms with Crippen LogP contribution in [-0.2, 0) is 0 Å². The van der Waals surface area contributed by atoms with Crippen LogP contribution in [0.15, 0.2) is 18.3 Å². The lowest BCUT2D eigenvalue weighted by Crippen LogP contribution is -1.82. The van der Waals surface area contributed by atoms with Crippen molar-refractivity contribution in [3.05, 3.63) is 23.2 Å². The molecule has 2 rings (SSSR count). The molecule has 0 aliphatic rings. The van der Waals surface area contributed by atoms with Crippen LogP contribution in [0.25, 0.3) is 10.2 Å². The molecular weight excluding hydrogens is 170 g/mol. The molecule has 0 atom stereocenters. The molecule has 62 valence electrons. The van der Waals surface area contributed by atoms with Gasteiger partial charge in [0, 0.05) is 10.9 Å². The van der Waals surface area contributed by atoms with Crippen LogP contribution >= 0.6 is 11.3 Å². The lowest BCUT2D eigenvalue weighted by Gasteiger charge is -1.96. The van der Waals surface area contributed by atoms with Crippen molar-refractivity contribution in [3.8, 4) is 5.75 Å². The number of hydrogen-bond donors (Lipinski definition) is 0. The predicted octanol–water partition coefficient (Wildman–Crippen LogP) is 2.61. The molecule has 2 heterocycles. The fourth-order valence-corrected chi connectivity index (χ4v) is 2.04. The first-order valence-electron chi connectivity index (χ1n) is 3.70. The van der Waals surface area contributed by atoms with E-state index in [4.69, 9.17) is 4.74 Å². The summed E-state index contributed by atoms with van der Waals surface area (Å²) in [5, 5.41) is 0. The van der Waals surface area contributed by atoms with Gasteiger partial charge in [0.15, 0.2) is 0 Å². The molecule has 3 heteroatoms. The number of fused-ring (bicyclic) bond motifs is 1. The molecular formula is C9H9NOS. The van der Waals surface area contributed by atoms with Gasteiger partial charge in [0.25, 0.3) is 0 Å². The zero-order valence-electron chi connectivity index (χ0n) is 7.00. The van der Waals surface area contributed by atoms with Crippen molar-refractivity contribution in [1.82, 2.24) is 4.98 Å². The number of thiophene rings is 1. The SMILES string of the molecule is COc1cnc2cc(C)sc2c1. The molecule has 2 aromatic rings. The summed E-state index contributed by atoms with van der Waals surface area (Å²) < 4.78 is 6.26. The highest BCUT2D eigenvalue weighted by atomic mass is 32.1. The second kappa shape index (κ2) is 2.75. The maximum absolute atomic E-state index is 5.08. The molecule has 0 N–H and O–H groups in total. The van der Waals surface area contributed by atoms with Gasteiger partial charge in [0.1, 0.15) is 5.75 Å². The normalized spacial score (nSPS) is 10.5. The molecule has 0 aromatic carbocycles. The van der Waals surface area contributed by atoms with E-state index >= 15 is 0 Å². The third kappa shape index (κ3) is 1.16. The topological polar surface area (TPSA) is 22.1 Å². The van der Waals surface area contributed by atoms with Crippen molar-refractivity contribution in [3.63, 3.8) is 0 Å². The average Bonchev–Trinajstić information content (AvgIpc) is 2.43. The summed E-state index contributed by atoms with van der Waals surface area (Å²) in [6.45, 7) is 2.08. The highest BCUT2D eigenvalue weighted by Crippen LogP contribution is 2.26. The van der Waals surface area contributed by atoms with Gasteiger partial charge >= 0.3 is 0 Å². The Morgan fingerprint density at radius 2 is 2.25 bits per heavy atom. The monoisotopic (exact) mass is 179 g/mol. The van der Waals surface area contributed by atoms with Crippen LogP contribution in [0.3, 0.4) is 0 Å². The van der Waals surface area contributed by atoms with Crippen molar-refractivity contribution in [2.24, 2.45) is 0 Å². The van der Waals surface area contributed by atoms with Gasteiger partial charge in [-0.1, -0.05) is 0 Å². The van der Waals surface area contributed by atoms with E-state index in [9.17, 15) is 0 Å². The molecule has 0 fully saturated rings. The molecule has 12 heavy (non-hydrogen) atoms. The summed E-state index contributed by atoms with van der Waals surface area (Å²) >= 11 is 1.74. The largest absolute Gasteiger partial charge is 0.495 e.